The van der Waals surface area contributed by atoms with Gasteiger partial charge in [-0.25, -0.2) is 4.68 Å². The summed E-state index contributed by atoms with van der Waals surface area (Å²) in [4.78, 5) is 12.6. The Morgan fingerprint density at radius 1 is 0.852 bits per heavy atom. The van der Waals surface area contributed by atoms with E-state index in [-0.39, 0.29) is 12.3 Å². The third-order valence-corrected chi connectivity index (χ3v) is 4.31. The highest BCUT2D eigenvalue weighted by atomic mass is 16.1. The predicted octanol–water partition coefficient (Wildman–Crippen LogP) is 4.72. The molecule has 0 spiro atoms. The average Bonchev–Trinajstić information content (AvgIpc) is 3.18. The van der Waals surface area contributed by atoms with Crippen LogP contribution in [0.5, 0.6) is 0 Å². The van der Waals surface area contributed by atoms with Crippen LogP contribution in [0.4, 0.5) is 5.69 Å². The van der Waals surface area contributed by atoms with Crippen molar-refractivity contribution in [3.63, 3.8) is 0 Å². The van der Waals surface area contributed by atoms with Gasteiger partial charge in [-0.3, -0.25) is 4.79 Å². The lowest BCUT2D eigenvalue weighted by atomic mass is 10.0. The fraction of sp³-hybridized carbons (Fsp3) is 0.0435. The molecule has 1 heterocycles. The number of amides is 1. The normalized spacial score (nSPS) is 10.5. The first-order valence-electron chi connectivity index (χ1n) is 8.83. The number of carbonyl (C=O) groups excluding carboxylic acids is 1. The van der Waals surface area contributed by atoms with Crippen molar-refractivity contribution in [3.05, 3.63) is 103 Å². The first-order chi connectivity index (χ1) is 13.3. The van der Waals surface area contributed by atoms with E-state index >= 15 is 0 Å². The van der Waals surface area contributed by atoms with Gasteiger partial charge in [0.1, 0.15) is 0 Å². The number of para-hydroxylation sites is 2. The number of anilines is 1. The Morgan fingerprint density at radius 2 is 1.52 bits per heavy atom. The van der Waals surface area contributed by atoms with Crippen molar-refractivity contribution in [2.24, 2.45) is 0 Å². The summed E-state index contributed by atoms with van der Waals surface area (Å²) in [6, 6.07) is 27.7. The quantitative estimate of drug-likeness (QED) is 0.564. The molecule has 0 unspecified atom stereocenters. The fourth-order valence-electron chi connectivity index (χ4n) is 3.01. The molecule has 1 aromatic heterocycles. The molecular weight excluding hydrogens is 334 g/mol. The zero-order chi connectivity index (χ0) is 18.5. The van der Waals surface area contributed by atoms with Crippen molar-refractivity contribution in [1.82, 2.24) is 9.78 Å². The molecule has 4 nitrogen and oxygen atoms in total. The Hall–Kier alpha value is -3.66. The van der Waals surface area contributed by atoms with Gasteiger partial charge < -0.3 is 5.32 Å². The highest BCUT2D eigenvalue weighted by Crippen LogP contribution is 2.27. The highest BCUT2D eigenvalue weighted by Gasteiger charge is 2.10. The van der Waals surface area contributed by atoms with Crippen LogP contribution in [0.3, 0.4) is 0 Å². The second-order valence-corrected chi connectivity index (χ2v) is 6.27. The SMILES string of the molecule is O=C(Cc1cnn(-c2ccccc2)c1)Nc1ccccc1-c1ccccc1. The maximum absolute atomic E-state index is 12.6. The van der Waals surface area contributed by atoms with Crippen LogP contribution in [-0.4, -0.2) is 15.7 Å². The van der Waals surface area contributed by atoms with Crippen molar-refractivity contribution >= 4 is 11.6 Å². The molecule has 1 amide bonds. The minimum Gasteiger partial charge on any atom is -0.325 e. The predicted molar refractivity (Wildman–Crippen MR) is 108 cm³/mol. The molecule has 0 saturated heterocycles. The van der Waals surface area contributed by atoms with E-state index < -0.39 is 0 Å². The number of benzene rings is 3. The van der Waals surface area contributed by atoms with E-state index in [0.717, 1.165) is 28.1 Å². The molecule has 27 heavy (non-hydrogen) atoms. The van der Waals surface area contributed by atoms with E-state index in [1.54, 1.807) is 10.9 Å². The van der Waals surface area contributed by atoms with Crippen LogP contribution >= 0.6 is 0 Å². The Kier molecular flexibility index (Phi) is 4.79. The zero-order valence-corrected chi connectivity index (χ0v) is 14.7. The van der Waals surface area contributed by atoms with Crippen molar-refractivity contribution in [1.29, 1.82) is 0 Å². The van der Waals surface area contributed by atoms with Crippen LogP contribution in [-0.2, 0) is 11.2 Å². The van der Waals surface area contributed by atoms with E-state index in [0.29, 0.717) is 0 Å². The van der Waals surface area contributed by atoms with Crippen LogP contribution in [0.1, 0.15) is 5.56 Å². The second kappa shape index (κ2) is 7.70. The second-order valence-electron chi connectivity index (χ2n) is 6.27. The molecule has 132 valence electrons. The Morgan fingerprint density at radius 3 is 2.30 bits per heavy atom. The Balaban J connectivity index is 1.49. The molecule has 4 aromatic rings. The zero-order valence-electron chi connectivity index (χ0n) is 14.7. The maximum atomic E-state index is 12.6. The molecular formula is C23H19N3O. The summed E-state index contributed by atoms with van der Waals surface area (Å²) in [6.45, 7) is 0. The summed E-state index contributed by atoms with van der Waals surface area (Å²) in [7, 11) is 0. The molecule has 0 atom stereocenters. The van der Waals surface area contributed by atoms with Gasteiger partial charge in [-0.2, -0.15) is 5.10 Å². The molecule has 4 heteroatoms. The van der Waals surface area contributed by atoms with Gasteiger partial charge in [-0.15, -0.1) is 0 Å². The molecule has 0 saturated carbocycles. The van der Waals surface area contributed by atoms with E-state index in [1.807, 2.05) is 91.1 Å². The van der Waals surface area contributed by atoms with Crippen LogP contribution in [0, 0.1) is 0 Å². The summed E-state index contributed by atoms with van der Waals surface area (Å²) >= 11 is 0. The van der Waals surface area contributed by atoms with Gasteiger partial charge in [0.25, 0.3) is 0 Å². The first kappa shape index (κ1) is 16.8. The van der Waals surface area contributed by atoms with Gasteiger partial charge in [0.15, 0.2) is 0 Å². The number of hydrogen-bond acceptors (Lipinski definition) is 2. The lowest BCUT2D eigenvalue weighted by molar-refractivity contribution is -0.115. The number of nitrogens with zero attached hydrogens (tertiary/aromatic N) is 2. The minimum absolute atomic E-state index is 0.0639. The van der Waals surface area contributed by atoms with E-state index in [2.05, 4.69) is 10.4 Å². The molecule has 0 radical (unpaired) electrons. The molecule has 0 aliphatic rings. The van der Waals surface area contributed by atoms with Crippen molar-refractivity contribution in [2.75, 3.05) is 5.32 Å². The van der Waals surface area contributed by atoms with Crippen LogP contribution in [0.2, 0.25) is 0 Å². The summed E-state index contributed by atoms with van der Waals surface area (Å²) in [5.74, 6) is -0.0639. The number of aromatic nitrogens is 2. The Bertz CT molecular complexity index is 1040. The number of hydrogen-bond donors (Lipinski definition) is 1. The molecule has 3 aromatic carbocycles. The summed E-state index contributed by atoms with van der Waals surface area (Å²) in [5.41, 5.74) is 4.73. The molecule has 0 aliphatic carbocycles. The van der Waals surface area contributed by atoms with Gasteiger partial charge in [-0.05, 0) is 29.3 Å². The average molecular weight is 353 g/mol. The van der Waals surface area contributed by atoms with Crippen molar-refractivity contribution in [3.8, 4) is 16.8 Å². The van der Waals surface area contributed by atoms with Crippen molar-refractivity contribution in [2.45, 2.75) is 6.42 Å². The van der Waals surface area contributed by atoms with Crippen LogP contribution < -0.4 is 5.32 Å². The number of rotatable bonds is 5. The fourth-order valence-corrected chi connectivity index (χ4v) is 3.01. The first-order valence-corrected chi connectivity index (χ1v) is 8.83. The summed E-state index contributed by atoms with van der Waals surface area (Å²) in [6.07, 6.45) is 3.89. The monoisotopic (exact) mass is 353 g/mol. The smallest absolute Gasteiger partial charge is 0.228 e. The highest BCUT2D eigenvalue weighted by molar-refractivity contribution is 5.96. The lowest BCUT2D eigenvalue weighted by Gasteiger charge is -2.11. The van der Waals surface area contributed by atoms with Crippen molar-refractivity contribution < 1.29 is 4.79 Å². The van der Waals surface area contributed by atoms with Gasteiger partial charge >= 0.3 is 0 Å². The minimum atomic E-state index is -0.0639. The summed E-state index contributed by atoms with van der Waals surface area (Å²) < 4.78 is 1.78. The summed E-state index contributed by atoms with van der Waals surface area (Å²) in [5, 5.41) is 7.38. The van der Waals surface area contributed by atoms with E-state index in [1.165, 1.54) is 0 Å². The molecule has 0 bridgehead atoms. The topological polar surface area (TPSA) is 46.9 Å². The van der Waals surface area contributed by atoms with Gasteiger partial charge in [0.05, 0.1) is 18.3 Å². The van der Waals surface area contributed by atoms with Gasteiger partial charge in [0, 0.05) is 17.4 Å². The maximum Gasteiger partial charge on any atom is 0.228 e. The molecule has 1 N–H and O–H groups in total. The van der Waals surface area contributed by atoms with Gasteiger partial charge in [-0.1, -0.05) is 66.7 Å². The van der Waals surface area contributed by atoms with Crippen LogP contribution in [0.25, 0.3) is 16.8 Å². The Labute approximate surface area is 158 Å². The largest absolute Gasteiger partial charge is 0.325 e. The third-order valence-electron chi connectivity index (χ3n) is 4.31. The number of carbonyl (C=O) groups is 1. The standard InChI is InChI=1S/C23H19N3O/c27-23(15-18-16-24-26(17-18)20-11-5-2-6-12-20)25-22-14-8-7-13-21(22)19-9-3-1-4-10-19/h1-14,16-17H,15H2,(H,25,27). The van der Waals surface area contributed by atoms with Crippen LogP contribution in [0.15, 0.2) is 97.3 Å². The van der Waals surface area contributed by atoms with E-state index in [4.69, 9.17) is 0 Å². The third kappa shape index (κ3) is 3.96. The van der Waals surface area contributed by atoms with E-state index in [9.17, 15) is 4.79 Å². The molecule has 0 aliphatic heterocycles. The van der Waals surface area contributed by atoms with Gasteiger partial charge in [0.2, 0.25) is 5.91 Å². The lowest BCUT2D eigenvalue weighted by Crippen LogP contribution is -2.14. The molecule has 0 fully saturated rings. The number of nitrogens with one attached hydrogen (secondary N) is 1. The molecule has 4 rings (SSSR count).